The number of nitrogens with zero attached hydrogens (tertiary/aromatic N) is 4. The van der Waals surface area contributed by atoms with E-state index >= 15 is 0 Å². The average molecular weight is 426 g/mol. The Labute approximate surface area is 176 Å². The standard InChI is InChI=1S/C20H16ClN5O2S/c1-28-14-7-8-16(22-9-14)17-12-29-20(24-17)25-19(27)15-10-23-26(18(15)21)11-13-5-3-2-4-6-13/h2-10,12H,11H2,1H3,(H,24,25,27). The summed E-state index contributed by atoms with van der Waals surface area (Å²) in [5, 5.41) is 9.55. The predicted molar refractivity (Wildman–Crippen MR) is 113 cm³/mol. The second-order valence-corrected chi connectivity index (χ2v) is 7.28. The Hall–Kier alpha value is -3.23. The van der Waals surface area contributed by atoms with Crippen LogP contribution in [-0.4, -0.2) is 32.8 Å². The molecule has 1 amide bonds. The molecular weight excluding hydrogens is 410 g/mol. The fraction of sp³-hybridized carbons (Fsp3) is 0.100. The van der Waals surface area contributed by atoms with Crippen molar-refractivity contribution < 1.29 is 9.53 Å². The molecular formula is C20H16ClN5O2S. The molecule has 0 atom stereocenters. The number of aromatic nitrogens is 4. The maximum atomic E-state index is 12.6. The Bertz CT molecular complexity index is 1130. The van der Waals surface area contributed by atoms with Crippen molar-refractivity contribution in [3.63, 3.8) is 0 Å². The minimum Gasteiger partial charge on any atom is -0.495 e. The third-order valence-electron chi connectivity index (χ3n) is 4.15. The van der Waals surface area contributed by atoms with Gasteiger partial charge in [-0.25, -0.2) is 9.67 Å². The highest BCUT2D eigenvalue weighted by Gasteiger charge is 2.18. The second kappa shape index (κ2) is 8.42. The minimum atomic E-state index is -0.363. The zero-order valence-electron chi connectivity index (χ0n) is 15.4. The van der Waals surface area contributed by atoms with Gasteiger partial charge in [0.25, 0.3) is 5.91 Å². The number of hydrogen-bond donors (Lipinski definition) is 1. The number of anilines is 1. The fourth-order valence-electron chi connectivity index (χ4n) is 2.66. The van der Waals surface area contributed by atoms with Crippen LogP contribution in [0, 0.1) is 0 Å². The SMILES string of the molecule is COc1ccc(-c2csc(NC(=O)c3cnn(Cc4ccccc4)c3Cl)n2)nc1. The second-order valence-electron chi connectivity index (χ2n) is 6.07. The van der Waals surface area contributed by atoms with Crippen LogP contribution in [-0.2, 0) is 6.54 Å². The molecule has 0 aliphatic heterocycles. The number of carbonyl (C=O) groups is 1. The first kappa shape index (κ1) is 19.1. The summed E-state index contributed by atoms with van der Waals surface area (Å²) < 4.78 is 6.69. The summed E-state index contributed by atoms with van der Waals surface area (Å²) in [6.07, 6.45) is 3.08. The Morgan fingerprint density at radius 1 is 1.17 bits per heavy atom. The van der Waals surface area contributed by atoms with Gasteiger partial charge in [-0.15, -0.1) is 11.3 Å². The lowest BCUT2D eigenvalue weighted by atomic mass is 10.2. The summed E-state index contributed by atoms with van der Waals surface area (Å²) in [7, 11) is 1.58. The number of thiazole rings is 1. The van der Waals surface area contributed by atoms with E-state index in [4.69, 9.17) is 16.3 Å². The van der Waals surface area contributed by atoms with Crippen LogP contribution in [0.15, 0.2) is 60.2 Å². The van der Waals surface area contributed by atoms with Crippen molar-refractivity contribution in [2.75, 3.05) is 12.4 Å². The number of nitrogens with one attached hydrogen (secondary N) is 1. The predicted octanol–water partition coefficient (Wildman–Crippen LogP) is 4.36. The van der Waals surface area contributed by atoms with Crippen molar-refractivity contribution >= 4 is 34.0 Å². The molecule has 0 aliphatic carbocycles. The molecule has 146 valence electrons. The van der Waals surface area contributed by atoms with Crippen molar-refractivity contribution in [3.05, 3.63) is 76.5 Å². The highest BCUT2D eigenvalue weighted by Crippen LogP contribution is 2.26. The lowest BCUT2D eigenvalue weighted by Gasteiger charge is -2.04. The molecule has 0 bridgehead atoms. The van der Waals surface area contributed by atoms with Crippen LogP contribution in [0.5, 0.6) is 5.75 Å². The maximum Gasteiger partial charge on any atom is 0.262 e. The molecule has 3 heterocycles. The minimum absolute atomic E-state index is 0.278. The van der Waals surface area contributed by atoms with Crippen molar-refractivity contribution in [1.82, 2.24) is 19.7 Å². The van der Waals surface area contributed by atoms with Gasteiger partial charge in [0.15, 0.2) is 5.13 Å². The van der Waals surface area contributed by atoms with Crippen LogP contribution in [0.3, 0.4) is 0 Å². The van der Waals surface area contributed by atoms with E-state index < -0.39 is 0 Å². The van der Waals surface area contributed by atoms with Crippen LogP contribution in [0.25, 0.3) is 11.4 Å². The van der Waals surface area contributed by atoms with Crippen LogP contribution >= 0.6 is 22.9 Å². The van der Waals surface area contributed by atoms with E-state index in [9.17, 15) is 4.79 Å². The number of benzene rings is 1. The topological polar surface area (TPSA) is 81.9 Å². The molecule has 0 unspecified atom stereocenters. The summed E-state index contributed by atoms with van der Waals surface area (Å²) in [4.78, 5) is 21.3. The monoisotopic (exact) mass is 425 g/mol. The third kappa shape index (κ3) is 4.28. The molecule has 1 N–H and O–H groups in total. The van der Waals surface area contributed by atoms with Crippen molar-refractivity contribution in [2.45, 2.75) is 6.54 Å². The van der Waals surface area contributed by atoms with Gasteiger partial charge in [0, 0.05) is 5.38 Å². The van der Waals surface area contributed by atoms with Gasteiger partial charge in [-0.05, 0) is 17.7 Å². The number of amides is 1. The van der Waals surface area contributed by atoms with Gasteiger partial charge in [-0.2, -0.15) is 5.10 Å². The van der Waals surface area contributed by atoms with E-state index in [0.717, 1.165) is 5.56 Å². The first-order valence-electron chi connectivity index (χ1n) is 8.66. The van der Waals surface area contributed by atoms with Gasteiger partial charge in [-0.3, -0.25) is 15.1 Å². The summed E-state index contributed by atoms with van der Waals surface area (Å²) in [5.41, 5.74) is 2.69. The number of carbonyl (C=O) groups excluding carboxylic acids is 1. The molecule has 1 aromatic carbocycles. The summed E-state index contributed by atoms with van der Waals surface area (Å²) in [5.74, 6) is 0.303. The average Bonchev–Trinajstić information content (AvgIpc) is 3.36. The maximum absolute atomic E-state index is 12.6. The first-order chi connectivity index (χ1) is 14.1. The van der Waals surface area contributed by atoms with Gasteiger partial charge in [0.2, 0.25) is 0 Å². The number of methoxy groups -OCH3 is 1. The molecule has 0 spiro atoms. The quantitative estimate of drug-likeness (QED) is 0.496. The number of ether oxygens (including phenoxy) is 1. The van der Waals surface area contributed by atoms with E-state index in [-0.39, 0.29) is 11.1 Å². The molecule has 0 saturated heterocycles. The van der Waals surface area contributed by atoms with Gasteiger partial charge in [0.05, 0.1) is 37.3 Å². The molecule has 4 rings (SSSR count). The number of hydrogen-bond acceptors (Lipinski definition) is 6. The molecule has 3 aromatic heterocycles. The smallest absolute Gasteiger partial charge is 0.262 e. The van der Waals surface area contributed by atoms with Crippen molar-refractivity contribution in [1.29, 1.82) is 0 Å². The highest BCUT2D eigenvalue weighted by molar-refractivity contribution is 7.14. The summed E-state index contributed by atoms with van der Waals surface area (Å²) in [6.45, 7) is 0.484. The Morgan fingerprint density at radius 2 is 2.00 bits per heavy atom. The van der Waals surface area contributed by atoms with Crippen molar-refractivity contribution in [3.8, 4) is 17.1 Å². The zero-order chi connectivity index (χ0) is 20.2. The van der Waals surface area contributed by atoms with Crippen LogP contribution < -0.4 is 10.1 Å². The molecule has 0 radical (unpaired) electrons. The van der Waals surface area contributed by atoms with Crippen LogP contribution in [0.1, 0.15) is 15.9 Å². The van der Waals surface area contributed by atoms with Gasteiger partial charge >= 0.3 is 0 Å². The van der Waals surface area contributed by atoms with Gasteiger partial charge in [-0.1, -0.05) is 41.9 Å². The Kier molecular flexibility index (Phi) is 5.55. The fourth-order valence-corrected chi connectivity index (χ4v) is 3.59. The Balaban J connectivity index is 1.46. The lowest BCUT2D eigenvalue weighted by molar-refractivity contribution is 0.102. The molecule has 0 fully saturated rings. The molecule has 9 heteroatoms. The van der Waals surface area contributed by atoms with Gasteiger partial charge in [0.1, 0.15) is 16.6 Å². The summed E-state index contributed by atoms with van der Waals surface area (Å²) >= 11 is 7.67. The summed E-state index contributed by atoms with van der Waals surface area (Å²) in [6, 6.07) is 13.4. The zero-order valence-corrected chi connectivity index (χ0v) is 16.9. The normalized spacial score (nSPS) is 10.7. The molecule has 4 aromatic rings. The van der Waals surface area contributed by atoms with Gasteiger partial charge < -0.3 is 4.74 Å². The third-order valence-corrected chi connectivity index (χ3v) is 5.31. The Morgan fingerprint density at radius 3 is 2.72 bits per heavy atom. The van der Waals surface area contributed by atoms with Crippen molar-refractivity contribution in [2.24, 2.45) is 0 Å². The van der Waals surface area contributed by atoms with E-state index in [0.29, 0.717) is 34.4 Å². The molecule has 29 heavy (non-hydrogen) atoms. The number of rotatable bonds is 6. The van der Waals surface area contributed by atoms with Crippen LogP contribution in [0.4, 0.5) is 5.13 Å². The highest BCUT2D eigenvalue weighted by atomic mass is 35.5. The molecule has 0 aliphatic rings. The largest absolute Gasteiger partial charge is 0.495 e. The number of halogens is 1. The molecule has 0 saturated carbocycles. The van der Waals surface area contributed by atoms with E-state index in [1.165, 1.54) is 17.5 Å². The van der Waals surface area contributed by atoms with Crippen LogP contribution in [0.2, 0.25) is 5.15 Å². The van der Waals surface area contributed by atoms with E-state index in [2.05, 4.69) is 20.4 Å². The molecule has 7 nitrogen and oxygen atoms in total. The van der Waals surface area contributed by atoms with E-state index in [1.54, 1.807) is 24.1 Å². The lowest BCUT2D eigenvalue weighted by Crippen LogP contribution is -2.12. The number of pyridine rings is 1. The van der Waals surface area contributed by atoms with E-state index in [1.807, 2.05) is 41.8 Å². The first-order valence-corrected chi connectivity index (χ1v) is 9.92.